The highest BCUT2D eigenvalue weighted by atomic mass is 32.2. The van der Waals surface area contributed by atoms with Crippen LogP contribution in [-0.4, -0.2) is 36.2 Å². The predicted octanol–water partition coefficient (Wildman–Crippen LogP) is 4.59. The normalized spacial score (nSPS) is 15.6. The number of hydrogen-bond donors (Lipinski definition) is 1. The molecule has 1 amide bonds. The van der Waals surface area contributed by atoms with E-state index >= 15 is 0 Å². The number of benzene rings is 1. The molecule has 0 radical (unpaired) electrons. The molecule has 0 saturated heterocycles. The molecule has 168 valence electrons. The van der Waals surface area contributed by atoms with Crippen molar-refractivity contribution in [3.63, 3.8) is 0 Å². The molecule has 3 heterocycles. The van der Waals surface area contributed by atoms with Gasteiger partial charge in [-0.15, -0.1) is 10.2 Å². The number of amides is 1. The van der Waals surface area contributed by atoms with Gasteiger partial charge in [0, 0.05) is 17.9 Å². The van der Waals surface area contributed by atoms with Gasteiger partial charge in [-0.25, -0.2) is 4.68 Å². The van der Waals surface area contributed by atoms with Crippen molar-refractivity contribution in [2.45, 2.75) is 49.2 Å². The van der Waals surface area contributed by atoms with Gasteiger partial charge in [0.25, 0.3) is 0 Å². The molecule has 2 aliphatic rings. The van der Waals surface area contributed by atoms with Crippen LogP contribution in [0.3, 0.4) is 0 Å². The number of nitrogens with zero attached hydrogens (tertiary/aromatic N) is 5. The second-order valence-corrected chi connectivity index (χ2v) is 9.54. The topological polar surface area (TPSA) is 90.8 Å². The van der Waals surface area contributed by atoms with E-state index < -0.39 is 0 Å². The first kappa shape index (κ1) is 20.3. The first-order valence-electron chi connectivity index (χ1n) is 11.3. The highest BCUT2D eigenvalue weighted by Crippen LogP contribution is 2.41. The average molecular weight is 461 g/mol. The number of hydrogen-bond acceptors (Lipinski definition) is 6. The van der Waals surface area contributed by atoms with Crippen LogP contribution in [0.2, 0.25) is 0 Å². The fourth-order valence-corrected chi connectivity index (χ4v) is 4.64. The first-order chi connectivity index (χ1) is 16.2. The number of furan rings is 1. The zero-order chi connectivity index (χ0) is 22.2. The number of carbonyl (C=O) groups is 1. The number of rotatable bonds is 9. The zero-order valence-corrected chi connectivity index (χ0v) is 18.9. The molecule has 2 aliphatic carbocycles. The molecule has 0 unspecified atom stereocenters. The van der Waals surface area contributed by atoms with Crippen molar-refractivity contribution in [1.82, 2.24) is 24.5 Å². The number of thioether (sulfide) groups is 1. The van der Waals surface area contributed by atoms with Crippen molar-refractivity contribution >= 4 is 23.5 Å². The van der Waals surface area contributed by atoms with Gasteiger partial charge in [-0.05, 0) is 49.9 Å². The summed E-state index contributed by atoms with van der Waals surface area (Å²) in [6.45, 7) is 0.571. The molecule has 1 N–H and O–H groups in total. The van der Waals surface area contributed by atoms with Crippen molar-refractivity contribution in [3.8, 4) is 5.69 Å². The molecule has 6 rings (SSSR count). The maximum Gasteiger partial charge on any atom is 0.236 e. The zero-order valence-electron chi connectivity index (χ0n) is 18.1. The maximum atomic E-state index is 12.9. The summed E-state index contributed by atoms with van der Waals surface area (Å²) in [7, 11) is 0. The lowest BCUT2D eigenvalue weighted by Gasteiger charge is -2.10. The Morgan fingerprint density at radius 1 is 1.06 bits per heavy atom. The van der Waals surface area contributed by atoms with Gasteiger partial charge >= 0.3 is 0 Å². The molecule has 0 bridgehead atoms. The molecule has 33 heavy (non-hydrogen) atoms. The van der Waals surface area contributed by atoms with Gasteiger partial charge in [-0.2, -0.15) is 5.10 Å². The Kier molecular flexibility index (Phi) is 5.26. The third kappa shape index (κ3) is 4.45. The summed E-state index contributed by atoms with van der Waals surface area (Å²) in [6.07, 6.45) is 6.25. The van der Waals surface area contributed by atoms with E-state index in [1.807, 2.05) is 53.2 Å². The van der Waals surface area contributed by atoms with Gasteiger partial charge < -0.3 is 9.73 Å². The quantitative estimate of drug-likeness (QED) is 0.367. The predicted molar refractivity (Wildman–Crippen MR) is 125 cm³/mol. The van der Waals surface area contributed by atoms with E-state index in [9.17, 15) is 4.79 Å². The number of carbonyl (C=O) groups excluding carboxylic acids is 1. The molecule has 2 saturated carbocycles. The Balaban J connectivity index is 1.18. The summed E-state index contributed by atoms with van der Waals surface area (Å²) in [5, 5.41) is 17.3. The van der Waals surface area contributed by atoms with Gasteiger partial charge in [0.05, 0.1) is 29.9 Å². The highest BCUT2D eigenvalue weighted by Gasteiger charge is 2.31. The van der Waals surface area contributed by atoms with Gasteiger partial charge in [0.2, 0.25) is 5.91 Å². The second-order valence-electron chi connectivity index (χ2n) is 8.59. The van der Waals surface area contributed by atoms with Gasteiger partial charge in [0.1, 0.15) is 17.4 Å². The van der Waals surface area contributed by atoms with Gasteiger partial charge in [-0.1, -0.05) is 30.0 Å². The van der Waals surface area contributed by atoms with Gasteiger partial charge in [-0.3, -0.25) is 9.36 Å². The van der Waals surface area contributed by atoms with E-state index in [-0.39, 0.29) is 11.7 Å². The van der Waals surface area contributed by atoms with Crippen molar-refractivity contribution in [2.24, 2.45) is 0 Å². The van der Waals surface area contributed by atoms with Crippen molar-refractivity contribution in [1.29, 1.82) is 0 Å². The minimum absolute atomic E-state index is 0.0973. The fraction of sp³-hybridized carbons (Fsp3) is 0.333. The number of aromatic nitrogens is 5. The summed E-state index contributed by atoms with van der Waals surface area (Å²) in [6, 6.07) is 15.7. The molecule has 2 fully saturated rings. The monoisotopic (exact) mass is 460 g/mol. The minimum atomic E-state index is -0.0973. The molecule has 4 aromatic rings. The summed E-state index contributed by atoms with van der Waals surface area (Å²) >= 11 is 1.40. The van der Waals surface area contributed by atoms with E-state index in [4.69, 9.17) is 9.52 Å². The third-order valence-corrected chi connectivity index (χ3v) is 6.87. The van der Waals surface area contributed by atoms with Crippen LogP contribution in [0.1, 0.15) is 54.8 Å². The first-order valence-corrected chi connectivity index (χ1v) is 12.3. The van der Waals surface area contributed by atoms with Crippen LogP contribution in [0.25, 0.3) is 5.69 Å². The van der Waals surface area contributed by atoms with Crippen molar-refractivity contribution in [3.05, 3.63) is 72.1 Å². The standard InChI is InChI=1S/C24H24N6O2S/c31-22(25-21-13-20(16-8-9-16)28-30(21)18-5-2-1-3-6-18)15-33-24-27-26-23(17-10-11-17)29(24)14-19-7-4-12-32-19/h1-7,12-13,16-17H,8-11,14-15H2,(H,25,31). The molecule has 1 aromatic carbocycles. The fourth-order valence-electron chi connectivity index (χ4n) is 3.90. The summed E-state index contributed by atoms with van der Waals surface area (Å²) < 4.78 is 9.43. The van der Waals surface area contributed by atoms with E-state index in [1.54, 1.807) is 6.26 Å². The molecule has 8 nitrogen and oxygen atoms in total. The summed E-state index contributed by atoms with van der Waals surface area (Å²) in [5.74, 6) is 3.62. The van der Waals surface area contributed by atoms with Crippen LogP contribution in [0.15, 0.2) is 64.4 Å². The van der Waals surface area contributed by atoms with Crippen LogP contribution in [0.4, 0.5) is 5.82 Å². The Morgan fingerprint density at radius 2 is 1.88 bits per heavy atom. The molecule has 0 aliphatic heterocycles. The SMILES string of the molecule is O=C(CSc1nnc(C2CC2)n1Cc1ccco1)Nc1cc(C2CC2)nn1-c1ccccc1. The second kappa shape index (κ2) is 8.55. The summed E-state index contributed by atoms with van der Waals surface area (Å²) in [5.41, 5.74) is 1.97. The van der Waals surface area contributed by atoms with Crippen LogP contribution in [0.5, 0.6) is 0 Å². The maximum absolute atomic E-state index is 12.9. The van der Waals surface area contributed by atoms with Crippen molar-refractivity contribution < 1.29 is 9.21 Å². The number of nitrogens with one attached hydrogen (secondary N) is 1. The lowest BCUT2D eigenvalue weighted by atomic mass is 10.3. The molecule has 9 heteroatoms. The molecule has 0 atom stereocenters. The molecular formula is C24H24N6O2S. The Labute approximate surface area is 195 Å². The summed E-state index contributed by atoms with van der Waals surface area (Å²) in [4.78, 5) is 12.9. The highest BCUT2D eigenvalue weighted by molar-refractivity contribution is 7.99. The van der Waals surface area contributed by atoms with Crippen LogP contribution in [0, 0.1) is 0 Å². The van der Waals surface area contributed by atoms with Crippen molar-refractivity contribution in [2.75, 3.05) is 11.1 Å². The lowest BCUT2D eigenvalue weighted by molar-refractivity contribution is -0.113. The van der Waals surface area contributed by atoms with E-state index in [0.717, 1.165) is 53.8 Å². The third-order valence-electron chi connectivity index (χ3n) is 5.91. The molecule has 3 aromatic heterocycles. The number of anilines is 1. The van der Waals surface area contributed by atoms with Crippen LogP contribution < -0.4 is 5.32 Å². The minimum Gasteiger partial charge on any atom is -0.467 e. The lowest BCUT2D eigenvalue weighted by Crippen LogP contribution is -2.17. The number of para-hydroxylation sites is 1. The molecule has 0 spiro atoms. The van der Waals surface area contributed by atoms with E-state index in [1.165, 1.54) is 11.8 Å². The van der Waals surface area contributed by atoms with E-state index in [0.29, 0.717) is 24.2 Å². The van der Waals surface area contributed by atoms with Crippen LogP contribution in [-0.2, 0) is 11.3 Å². The Hall–Kier alpha value is -3.33. The Bertz CT molecular complexity index is 1260. The molecular weight excluding hydrogens is 436 g/mol. The Morgan fingerprint density at radius 3 is 2.61 bits per heavy atom. The smallest absolute Gasteiger partial charge is 0.236 e. The van der Waals surface area contributed by atoms with Crippen LogP contribution >= 0.6 is 11.8 Å². The van der Waals surface area contributed by atoms with E-state index in [2.05, 4.69) is 20.1 Å². The van der Waals surface area contributed by atoms with Gasteiger partial charge in [0.15, 0.2) is 5.16 Å². The largest absolute Gasteiger partial charge is 0.467 e. The average Bonchev–Trinajstić information content (AvgIpc) is 3.73.